The summed E-state index contributed by atoms with van der Waals surface area (Å²) in [6, 6.07) is 13.7. The van der Waals surface area contributed by atoms with Crippen molar-refractivity contribution in [2.75, 3.05) is 12.4 Å². The van der Waals surface area contributed by atoms with Crippen LogP contribution in [0.25, 0.3) is 0 Å². The van der Waals surface area contributed by atoms with E-state index in [4.69, 9.17) is 4.74 Å². The maximum absolute atomic E-state index is 10.1. The number of aromatic hydroxyl groups is 1. The largest absolute Gasteiger partial charge is 0.507 e. The Morgan fingerprint density at radius 3 is 2.33 bits per heavy atom. The lowest BCUT2D eigenvalue weighted by Crippen LogP contribution is -2.09. The molecule has 0 amide bonds. The molecule has 0 spiro atoms. The summed E-state index contributed by atoms with van der Waals surface area (Å²) in [5.74, 6) is 1.35. The van der Waals surface area contributed by atoms with E-state index in [1.165, 1.54) is 5.56 Å². The van der Waals surface area contributed by atoms with Crippen molar-refractivity contribution in [1.82, 2.24) is 0 Å². The van der Waals surface area contributed by atoms with E-state index in [2.05, 4.69) is 37.4 Å². The SMILES string of the molecule is COc1ccc(C(C)Nc2ccccc2C(C)C)c(O)c1. The van der Waals surface area contributed by atoms with E-state index in [0.717, 1.165) is 11.3 Å². The molecule has 2 aromatic rings. The Kier molecular flexibility index (Phi) is 4.73. The summed E-state index contributed by atoms with van der Waals surface area (Å²) in [4.78, 5) is 0. The molecule has 0 radical (unpaired) electrons. The number of nitrogens with one attached hydrogen (secondary N) is 1. The van der Waals surface area contributed by atoms with Crippen LogP contribution in [0.4, 0.5) is 5.69 Å². The van der Waals surface area contributed by atoms with Crippen LogP contribution in [0.1, 0.15) is 43.9 Å². The first-order valence-corrected chi connectivity index (χ1v) is 7.25. The quantitative estimate of drug-likeness (QED) is 0.837. The lowest BCUT2D eigenvalue weighted by Gasteiger charge is -2.21. The molecule has 112 valence electrons. The van der Waals surface area contributed by atoms with E-state index in [-0.39, 0.29) is 11.8 Å². The molecular formula is C18H23NO2. The average molecular weight is 285 g/mol. The minimum Gasteiger partial charge on any atom is -0.507 e. The third-order valence-corrected chi connectivity index (χ3v) is 3.66. The van der Waals surface area contributed by atoms with Crippen LogP contribution < -0.4 is 10.1 Å². The van der Waals surface area contributed by atoms with Gasteiger partial charge in [0, 0.05) is 17.3 Å². The molecule has 1 atom stereocenters. The number of rotatable bonds is 5. The zero-order valence-corrected chi connectivity index (χ0v) is 13.1. The monoisotopic (exact) mass is 285 g/mol. The van der Waals surface area contributed by atoms with Gasteiger partial charge in [-0.2, -0.15) is 0 Å². The number of methoxy groups -OCH3 is 1. The first-order chi connectivity index (χ1) is 10.0. The zero-order valence-electron chi connectivity index (χ0n) is 13.1. The van der Waals surface area contributed by atoms with Gasteiger partial charge in [0.15, 0.2) is 0 Å². The van der Waals surface area contributed by atoms with E-state index in [9.17, 15) is 5.11 Å². The molecular weight excluding hydrogens is 262 g/mol. The fourth-order valence-electron chi connectivity index (χ4n) is 2.46. The first-order valence-electron chi connectivity index (χ1n) is 7.25. The van der Waals surface area contributed by atoms with Gasteiger partial charge in [0.1, 0.15) is 11.5 Å². The minimum absolute atomic E-state index is 0.0100. The van der Waals surface area contributed by atoms with Gasteiger partial charge in [-0.1, -0.05) is 32.0 Å². The number of phenols is 1. The van der Waals surface area contributed by atoms with Crippen molar-refractivity contribution in [3.63, 3.8) is 0 Å². The number of hydrogen-bond donors (Lipinski definition) is 2. The van der Waals surface area contributed by atoms with Gasteiger partial charge in [0.25, 0.3) is 0 Å². The Morgan fingerprint density at radius 2 is 1.71 bits per heavy atom. The van der Waals surface area contributed by atoms with E-state index < -0.39 is 0 Å². The van der Waals surface area contributed by atoms with Crippen molar-refractivity contribution >= 4 is 5.69 Å². The van der Waals surface area contributed by atoms with Gasteiger partial charge in [-0.05, 0) is 36.6 Å². The van der Waals surface area contributed by atoms with Gasteiger partial charge in [0.05, 0.1) is 13.2 Å². The molecule has 3 nitrogen and oxygen atoms in total. The summed E-state index contributed by atoms with van der Waals surface area (Å²) < 4.78 is 5.12. The van der Waals surface area contributed by atoms with Gasteiger partial charge in [0.2, 0.25) is 0 Å². The van der Waals surface area contributed by atoms with Crippen LogP contribution in [0.3, 0.4) is 0 Å². The van der Waals surface area contributed by atoms with Gasteiger partial charge in [-0.15, -0.1) is 0 Å². The molecule has 2 N–H and O–H groups in total. The minimum atomic E-state index is 0.0100. The Labute approximate surface area is 126 Å². The van der Waals surface area contributed by atoms with E-state index in [1.54, 1.807) is 13.2 Å². The fraction of sp³-hybridized carbons (Fsp3) is 0.333. The van der Waals surface area contributed by atoms with Gasteiger partial charge in [-0.3, -0.25) is 0 Å². The van der Waals surface area contributed by atoms with Gasteiger partial charge >= 0.3 is 0 Å². The van der Waals surface area contributed by atoms with Gasteiger partial charge < -0.3 is 15.2 Å². The van der Waals surface area contributed by atoms with E-state index >= 15 is 0 Å². The van der Waals surface area contributed by atoms with Crippen LogP contribution in [0, 0.1) is 0 Å². The predicted octanol–water partition coefficient (Wildman–Crippen LogP) is 4.70. The number of para-hydroxylation sites is 1. The normalized spacial score (nSPS) is 12.2. The summed E-state index contributed by atoms with van der Waals surface area (Å²) in [6.45, 7) is 6.39. The number of anilines is 1. The highest BCUT2D eigenvalue weighted by Crippen LogP contribution is 2.32. The van der Waals surface area contributed by atoms with Crippen molar-refractivity contribution in [3.05, 3.63) is 53.6 Å². The highest BCUT2D eigenvalue weighted by molar-refractivity contribution is 5.55. The summed E-state index contributed by atoms with van der Waals surface area (Å²) in [7, 11) is 1.59. The van der Waals surface area contributed by atoms with Crippen LogP contribution in [-0.2, 0) is 0 Å². The first kappa shape index (κ1) is 15.2. The number of benzene rings is 2. The second kappa shape index (κ2) is 6.53. The lowest BCUT2D eigenvalue weighted by atomic mass is 9.99. The summed E-state index contributed by atoms with van der Waals surface area (Å²) in [5.41, 5.74) is 3.24. The van der Waals surface area contributed by atoms with E-state index in [0.29, 0.717) is 11.7 Å². The second-order valence-electron chi connectivity index (χ2n) is 5.53. The smallest absolute Gasteiger partial charge is 0.124 e. The molecule has 3 heteroatoms. The topological polar surface area (TPSA) is 41.5 Å². The third-order valence-electron chi connectivity index (χ3n) is 3.66. The Morgan fingerprint density at radius 1 is 1.00 bits per heavy atom. The molecule has 21 heavy (non-hydrogen) atoms. The summed E-state index contributed by atoms with van der Waals surface area (Å²) in [5, 5.41) is 13.6. The van der Waals surface area contributed by atoms with Crippen molar-refractivity contribution in [2.45, 2.75) is 32.7 Å². The molecule has 2 aromatic carbocycles. The van der Waals surface area contributed by atoms with Crippen LogP contribution >= 0.6 is 0 Å². The molecule has 0 aliphatic rings. The highest BCUT2D eigenvalue weighted by Gasteiger charge is 2.13. The number of hydrogen-bond acceptors (Lipinski definition) is 3. The summed E-state index contributed by atoms with van der Waals surface area (Å²) >= 11 is 0. The molecule has 0 aliphatic carbocycles. The van der Waals surface area contributed by atoms with Crippen LogP contribution in [0.15, 0.2) is 42.5 Å². The lowest BCUT2D eigenvalue weighted by molar-refractivity contribution is 0.406. The molecule has 1 unspecified atom stereocenters. The average Bonchev–Trinajstić information content (AvgIpc) is 2.47. The van der Waals surface area contributed by atoms with Crippen LogP contribution in [-0.4, -0.2) is 12.2 Å². The zero-order chi connectivity index (χ0) is 15.4. The number of ether oxygens (including phenoxy) is 1. The van der Waals surface area contributed by atoms with Crippen LogP contribution in [0.2, 0.25) is 0 Å². The maximum Gasteiger partial charge on any atom is 0.124 e. The van der Waals surface area contributed by atoms with Gasteiger partial charge in [-0.25, -0.2) is 0 Å². The molecule has 0 saturated carbocycles. The molecule has 0 fully saturated rings. The molecule has 0 aliphatic heterocycles. The van der Waals surface area contributed by atoms with E-state index in [1.807, 2.05) is 25.1 Å². The van der Waals surface area contributed by atoms with Crippen LogP contribution in [0.5, 0.6) is 11.5 Å². The molecule has 0 aromatic heterocycles. The second-order valence-corrected chi connectivity index (χ2v) is 5.53. The van der Waals surface area contributed by atoms with Crippen molar-refractivity contribution in [3.8, 4) is 11.5 Å². The fourth-order valence-corrected chi connectivity index (χ4v) is 2.46. The van der Waals surface area contributed by atoms with Crippen molar-refractivity contribution in [2.24, 2.45) is 0 Å². The molecule has 2 rings (SSSR count). The third kappa shape index (κ3) is 3.48. The van der Waals surface area contributed by atoms with Crippen molar-refractivity contribution in [1.29, 1.82) is 0 Å². The predicted molar refractivity (Wildman–Crippen MR) is 87.2 cm³/mol. The summed E-state index contributed by atoms with van der Waals surface area (Å²) in [6.07, 6.45) is 0. The Bertz CT molecular complexity index is 608. The van der Waals surface area contributed by atoms with Crippen molar-refractivity contribution < 1.29 is 9.84 Å². The maximum atomic E-state index is 10.1. The number of phenolic OH excluding ortho intramolecular Hbond substituents is 1. The standard InChI is InChI=1S/C18H23NO2/c1-12(2)15-7-5-6-8-17(15)19-13(3)16-10-9-14(21-4)11-18(16)20/h5-13,19-20H,1-4H3. The highest BCUT2D eigenvalue weighted by atomic mass is 16.5. The molecule has 0 bridgehead atoms. The Hall–Kier alpha value is -2.16. The Balaban J connectivity index is 2.24. The molecule has 0 saturated heterocycles. The molecule has 0 heterocycles.